The summed E-state index contributed by atoms with van der Waals surface area (Å²) in [6.07, 6.45) is 15.8. The first kappa shape index (κ1) is 26.5. The predicted molar refractivity (Wildman–Crippen MR) is 120 cm³/mol. The van der Waals surface area contributed by atoms with Gasteiger partial charge in [0.25, 0.3) is 0 Å². The van der Waals surface area contributed by atoms with Crippen LogP contribution in [0.1, 0.15) is 98.8 Å². The number of hydrogen-bond donors (Lipinski definition) is 0. The van der Waals surface area contributed by atoms with E-state index < -0.39 is 18.4 Å². The standard InChI is InChI=1S/C11H21O2.3C4H9.Sn/c1-4-5-6-7-11(2)8-9-13-10-12-3;3*1-3-4-2;/h8-9H,4-7,10H2,1-3H3;3*1,3-4H2,2H3;/b11-8+;;;;. The Labute approximate surface area is 169 Å². The Hall–Kier alpha value is 0.459. The second-order valence-electron chi connectivity index (χ2n) is 8.14. The van der Waals surface area contributed by atoms with Gasteiger partial charge >= 0.3 is 170 Å². The van der Waals surface area contributed by atoms with Crippen molar-refractivity contribution >= 4 is 18.4 Å². The van der Waals surface area contributed by atoms with Gasteiger partial charge in [0, 0.05) is 0 Å². The molecule has 0 aliphatic carbocycles. The van der Waals surface area contributed by atoms with Crippen LogP contribution in [0.2, 0.25) is 13.3 Å². The Bertz CT molecular complexity index is 319. The third-order valence-electron chi connectivity index (χ3n) is 5.66. The van der Waals surface area contributed by atoms with Gasteiger partial charge in [-0.1, -0.05) is 0 Å². The van der Waals surface area contributed by atoms with Crippen LogP contribution in [-0.2, 0) is 9.47 Å². The molecule has 156 valence electrons. The van der Waals surface area contributed by atoms with Gasteiger partial charge in [-0.3, -0.25) is 0 Å². The molecule has 0 N–H and O–H groups in total. The molecule has 0 aromatic carbocycles. The maximum absolute atomic E-state index is 6.42. The molecule has 0 bridgehead atoms. The average Bonchev–Trinajstić information content (AvgIpc) is 2.65. The molecule has 0 amide bonds. The molecule has 0 saturated heterocycles. The van der Waals surface area contributed by atoms with Gasteiger partial charge in [0.1, 0.15) is 0 Å². The fourth-order valence-electron chi connectivity index (χ4n) is 3.93. The topological polar surface area (TPSA) is 18.5 Å². The summed E-state index contributed by atoms with van der Waals surface area (Å²) in [5.74, 6) is 0. The van der Waals surface area contributed by atoms with Crippen molar-refractivity contribution in [1.82, 2.24) is 0 Å². The van der Waals surface area contributed by atoms with Gasteiger partial charge in [0.05, 0.1) is 0 Å². The van der Waals surface area contributed by atoms with Crippen LogP contribution in [0.5, 0.6) is 0 Å². The number of methoxy groups -OCH3 is 1. The van der Waals surface area contributed by atoms with Crippen LogP contribution < -0.4 is 0 Å². The van der Waals surface area contributed by atoms with Crippen LogP contribution in [0.25, 0.3) is 0 Å². The van der Waals surface area contributed by atoms with E-state index in [0.29, 0.717) is 10.9 Å². The molecule has 0 aliphatic rings. The molecule has 0 heterocycles. The normalized spacial score (nSPS) is 14.0. The van der Waals surface area contributed by atoms with Crippen molar-refractivity contribution in [2.75, 3.05) is 13.9 Å². The summed E-state index contributed by atoms with van der Waals surface area (Å²) in [6.45, 7) is 12.1. The molecule has 0 rings (SSSR count). The van der Waals surface area contributed by atoms with E-state index in [1.165, 1.54) is 77.5 Å². The Kier molecular flexibility index (Phi) is 17.9. The predicted octanol–water partition coefficient (Wildman–Crippen LogP) is 7.89. The fraction of sp³-hybridized carbons (Fsp3) is 0.913. The van der Waals surface area contributed by atoms with Crippen molar-refractivity contribution in [2.45, 2.75) is 116 Å². The van der Waals surface area contributed by atoms with E-state index in [-0.39, 0.29) is 0 Å². The molecule has 0 radical (unpaired) electrons. The van der Waals surface area contributed by atoms with E-state index >= 15 is 0 Å². The molecule has 0 aliphatic heterocycles. The SMILES string of the molecule is CCCCC/C(C)=C/[CH](OCOC)[Sn]([CH2]CCC)([CH2]CCC)[CH2]CCC. The van der Waals surface area contributed by atoms with E-state index in [0.717, 1.165) is 0 Å². The van der Waals surface area contributed by atoms with Crippen molar-refractivity contribution in [3.05, 3.63) is 11.6 Å². The summed E-state index contributed by atoms with van der Waals surface area (Å²) < 4.78 is 16.6. The molecule has 3 heteroatoms. The Morgan fingerprint density at radius 2 is 1.31 bits per heavy atom. The number of hydrogen-bond acceptors (Lipinski definition) is 2. The molecular formula is C23H48O2Sn. The zero-order valence-electron chi connectivity index (χ0n) is 18.9. The van der Waals surface area contributed by atoms with Gasteiger partial charge in [-0.25, -0.2) is 0 Å². The molecule has 2 nitrogen and oxygen atoms in total. The third kappa shape index (κ3) is 11.3. The second kappa shape index (κ2) is 17.5. The van der Waals surface area contributed by atoms with E-state index in [9.17, 15) is 0 Å². The summed E-state index contributed by atoms with van der Waals surface area (Å²) in [4.78, 5) is 0. The van der Waals surface area contributed by atoms with Crippen LogP contribution in [0.3, 0.4) is 0 Å². The van der Waals surface area contributed by atoms with E-state index in [1.54, 1.807) is 12.7 Å². The van der Waals surface area contributed by atoms with E-state index in [1.807, 2.05) is 0 Å². The van der Waals surface area contributed by atoms with Crippen molar-refractivity contribution in [3.63, 3.8) is 0 Å². The summed E-state index contributed by atoms with van der Waals surface area (Å²) in [6, 6.07) is 0. The van der Waals surface area contributed by atoms with Crippen molar-refractivity contribution < 1.29 is 9.47 Å². The molecule has 0 fully saturated rings. The monoisotopic (exact) mass is 476 g/mol. The van der Waals surface area contributed by atoms with Crippen LogP contribution in [-0.4, -0.2) is 36.4 Å². The first-order chi connectivity index (χ1) is 12.6. The summed E-state index contributed by atoms with van der Waals surface area (Å²) >= 11 is -2.43. The minimum absolute atomic E-state index is 0.399. The quantitative estimate of drug-likeness (QED) is 0.0869. The average molecular weight is 475 g/mol. The van der Waals surface area contributed by atoms with E-state index in [2.05, 4.69) is 40.7 Å². The van der Waals surface area contributed by atoms with Gasteiger partial charge in [-0.15, -0.1) is 0 Å². The van der Waals surface area contributed by atoms with Gasteiger partial charge in [0.2, 0.25) is 0 Å². The number of allylic oxidation sites excluding steroid dienone is 1. The molecular weight excluding hydrogens is 427 g/mol. The third-order valence-corrected chi connectivity index (χ3v) is 21.6. The van der Waals surface area contributed by atoms with Crippen molar-refractivity contribution in [2.24, 2.45) is 0 Å². The van der Waals surface area contributed by atoms with Crippen LogP contribution in [0, 0.1) is 0 Å². The molecule has 0 aromatic heterocycles. The second-order valence-corrected chi connectivity index (χ2v) is 21.8. The molecule has 0 aromatic rings. The van der Waals surface area contributed by atoms with Gasteiger partial charge < -0.3 is 0 Å². The maximum atomic E-state index is 6.42. The Morgan fingerprint density at radius 3 is 1.73 bits per heavy atom. The summed E-state index contributed by atoms with van der Waals surface area (Å²) in [5.41, 5.74) is 1.55. The van der Waals surface area contributed by atoms with Crippen LogP contribution in [0.15, 0.2) is 11.6 Å². The fourth-order valence-corrected chi connectivity index (χ4v) is 20.6. The summed E-state index contributed by atoms with van der Waals surface area (Å²) in [7, 11) is 1.76. The Balaban J connectivity index is 5.50. The Morgan fingerprint density at radius 1 is 0.808 bits per heavy atom. The van der Waals surface area contributed by atoms with Crippen molar-refractivity contribution in [1.29, 1.82) is 0 Å². The molecule has 0 saturated carbocycles. The van der Waals surface area contributed by atoms with Crippen LogP contribution in [0.4, 0.5) is 0 Å². The van der Waals surface area contributed by atoms with Crippen LogP contribution >= 0.6 is 0 Å². The molecule has 1 unspecified atom stereocenters. The zero-order chi connectivity index (χ0) is 19.7. The zero-order valence-corrected chi connectivity index (χ0v) is 21.7. The van der Waals surface area contributed by atoms with E-state index in [4.69, 9.17) is 9.47 Å². The number of ether oxygens (including phenoxy) is 2. The van der Waals surface area contributed by atoms with Gasteiger partial charge in [-0.05, 0) is 0 Å². The van der Waals surface area contributed by atoms with Gasteiger partial charge in [0.15, 0.2) is 0 Å². The molecule has 1 atom stereocenters. The molecule has 0 spiro atoms. The van der Waals surface area contributed by atoms with Gasteiger partial charge in [-0.2, -0.15) is 0 Å². The molecule has 26 heavy (non-hydrogen) atoms. The first-order valence-corrected chi connectivity index (χ1v) is 19.1. The first-order valence-electron chi connectivity index (χ1n) is 11.4. The number of rotatable bonds is 18. The number of unbranched alkanes of at least 4 members (excludes halogenated alkanes) is 5. The minimum atomic E-state index is -2.43. The summed E-state index contributed by atoms with van der Waals surface area (Å²) in [5, 5.41) is 0. The van der Waals surface area contributed by atoms with Crippen molar-refractivity contribution in [3.8, 4) is 0 Å².